The number of rotatable bonds is 5. The van der Waals surface area contributed by atoms with Crippen LogP contribution in [-0.4, -0.2) is 15.7 Å². The zero-order valence-corrected chi connectivity index (χ0v) is 8.36. The van der Waals surface area contributed by atoms with E-state index in [2.05, 4.69) is 10.5 Å². The molecule has 78 valence electrons. The predicted molar refractivity (Wildman–Crippen MR) is 53.1 cm³/mol. The SMILES string of the molecule is Cc1ccn(CCCCC(=O)NN)n1. The van der Waals surface area contributed by atoms with Gasteiger partial charge in [-0.25, -0.2) is 5.84 Å². The zero-order valence-electron chi connectivity index (χ0n) is 8.36. The molecule has 1 aromatic heterocycles. The molecule has 1 heterocycles. The molecule has 0 bridgehead atoms. The lowest BCUT2D eigenvalue weighted by molar-refractivity contribution is -0.121. The molecule has 0 aliphatic carbocycles. The summed E-state index contributed by atoms with van der Waals surface area (Å²) in [7, 11) is 0. The summed E-state index contributed by atoms with van der Waals surface area (Å²) in [5.41, 5.74) is 3.12. The predicted octanol–water partition coefficient (Wildman–Crippen LogP) is 0.352. The van der Waals surface area contributed by atoms with Crippen LogP contribution in [0.4, 0.5) is 0 Å². The van der Waals surface area contributed by atoms with Crippen LogP contribution >= 0.6 is 0 Å². The Hall–Kier alpha value is -1.36. The third kappa shape index (κ3) is 3.57. The Balaban J connectivity index is 2.13. The molecule has 0 fully saturated rings. The second-order valence-electron chi connectivity index (χ2n) is 3.24. The van der Waals surface area contributed by atoms with E-state index in [1.54, 1.807) is 0 Å². The van der Waals surface area contributed by atoms with Crippen molar-refractivity contribution in [3.8, 4) is 0 Å². The van der Waals surface area contributed by atoms with Crippen molar-refractivity contribution in [2.75, 3.05) is 0 Å². The highest BCUT2D eigenvalue weighted by molar-refractivity contribution is 5.74. The van der Waals surface area contributed by atoms with Gasteiger partial charge in [-0.15, -0.1) is 0 Å². The van der Waals surface area contributed by atoms with Crippen LogP contribution in [0.2, 0.25) is 0 Å². The van der Waals surface area contributed by atoms with E-state index in [0.717, 1.165) is 25.1 Å². The normalized spacial score (nSPS) is 10.1. The Labute approximate surface area is 83.2 Å². The molecule has 0 spiro atoms. The van der Waals surface area contributed by atoms with Gasteiger partial charge < -0.3 is 0 Å². The Morgan fingerprint density at radius 2 is 2.43 bits per heavy atom. The van der Waals surface area contributed by atoms with Crippen molar-refractivity contribution < 1.29 is 4.79 Å². The zero-order chi connectivity index (χ0) is 10.4. The Bertz CT molecular complexity index is 295. The fourth-order valence-electron chi connectivity index (χ4n) is 1.22. The van der Waals surface area contributed by atoms with Crippen molar-refractivity contribution in [2.45, 2.75) is 32.7 Å². The second-order valence-corrected chi connectivity index (χ2v) is 3.24. The summed E-state index contributed by atoms with van der Waals surface area (Å²) in [4.78, 5) is 10.8. The summed E-state index contributed by atoms with van der Waals surface area (Å²) >= 11 is 0. The molecule has 14 heavy (non-hydrogen) atoms. The molecule has 0 saturated heterocycles. The molecular weight excluding hydrogens is 180 g/mol. The summed E-state index contributed by atoms with van der Waals surface area (Å²) in [6.45, 7) is 2.81. The summed E-state index contributed by atoms with van der Waals surface area (Å²) < 4.78 is 1.88. The molecule has 0 aromatic carbocycles. The number of nitrogens with two attached hydrogens (primary N) is 1. The molecule has 0 unspecified atom stereocenters. The highest BCUT2D eigenvalue weighted by Crippen LogP contribution is 1.99. The maximum Gasteiger partial charge on any atom is 0.233 e. The standard InChI is InChI=1S/C9H16N4O/c1-8-5-7-13(12-8)6-3-2-4-9(14)11-10/h5,7H,2-4,6,10H2,1H3,(H,11,14). The van der Waals surface area contributed by atoms with E-state index in [9.17, 15) is 4.79 Å². The first kappa shape index (κ1) is 10.7. The van der Waals surface area contributed by atoms with Crippen LogP contribution in [0, 0.1) is 6.92 Å². The second kappa shape index (κ2) is 5.39. The molecule has 0 atom stereocenters. The highest BCUT2D eigenvalue weighted by atomic mass is 16.2. The van der Waals surface area contributed by atoms with Gasteiger partial charge in [0.25, 0.3) is 0 Å². The Morgan fingerprint density at radius 3 is 3.00 bits per heavy atom. The van der Waals surface area contributed by atoms with Gasteiger partial charge in [0.1, 0.15) is 0 Å². The van der Waals surface area contributed by atoms with Gasteiger partial charge in [0.05, 0.1) is 5.69 Å². The smallest absolute Gasteiger partial charge is 0.233 e. The number of aryl methyl sites for hydroxylation is 2. The van der Waals surface area contributed by atoms with Gasteiger partial charge in [0, 0.05) is 19.2 Å². The topological polar surface area (TPSA) is 72.9 Å². The minimum absolute atomic E-state index is 0.110. The van der Waals surface area contributed by atoms with E-state index in [-0.39, 0.29) is 5.91 Å². The molecule has 1 amide bonds. The average molecular weight is 196 g/mol. The fraction of sp³-hybridized carbons (Fsp3) is 0.556. The highest BCUT2D eigenvalue weighted by Gasteiger charge is 1.98. The fourth-order valence-corrected chi connectivity index (χ4v) is 1.22. The van der Waals surface area contributed by atoms with Crippen LogP contribution in [0.1, 0.15) is 25.0 Å². The molecular formula is C9H16N4O. The van der Waals surface area contributed by atoms with Crippen molar-refractivity contribution in [3.63, 3.8) is 0 Å². The van der Waals surface area contributed by atoms with Crippen molar-refractivity contribution in [1.82, 2.24) is 15.2 Å². The largest absolute Gasteiger partial charge is 0.294 e. The van der Waals surface area contributed by atoms with Crippen LogP contribution < -0.4 is 11.3 Å². The number of nitrogens with one attached hydrogen (secondary N) is 1. The molecule has 0 aliphatic rings. The average Bonchev–Trinajstić information content (AvgIpc) is 2.58. The van der Waals surface area contributed by atoms with Crippen LogP contribution in [0.3, 0.4) is 0 Å². The van der Waals surface area contributed by atoms with Gasteiger partial charge in [-0.3, -0.25) is 14.9 Å². The number of unbranched alkanes of at least 4 members (excludes halogenated alkanes) is 1. The minimum atomic E-state index is -0.110. The maximum atomic E-state index is 10.8. The van der Waals surface area contributed by atoms with Gasteiger partial charge in [0.15, 0.2) is 0 Å². The summed E-state index contributed by atoms with van der Waals surface area (Å²) in [5.74, 6) is 4.84. The van der Waals surface area contributed by atoms with Gasteiger partial charge in [-0.05, 0) is 25.8 Å². The van der Waals surface area contributed by atoms with E-state index in [4.69, 9.17) is 5.84 Å². The van der Waals surface area contributed by atoms with Gasteiger partial charge in [-0.1, -0.05) is 0 Å². The molecule has 5 nitrogen and oxygen atoms in total. The van der Waals surface area contributed by atoms with Crippen molar-refractivity contribution in [1.29, 1.82) is 0 Å². The summed E-state index contributed by atoms with van der Waals surface area (Å²) in [6.07, 6.45) is 4.20. The van der Waals surface area contributed by atoms with Crippen molar-refractivity contribution in [3.05, 3.63) is 18.0 Å². The lowest BCUT2D eigenvalue weighted by atomic mass is 10.2. The lowest BCUT2D eigenvalue weighted by Gasteiger charge is -2.01. The number of carbonyl (C=O) groups is 1. The van der Waals surface area contributed by atoms with Crippen LogP contribution in [0.25, 0.3) is 0 Å². The molecule has 0 saturated carbocycles. The first-order chi connectivity index (χ1) is 6.72. The molecule has 3 N–H and O–H groups in total. The molecule has 5 heteroatoms. The minimum Gasteiger partial charge on any atom is -0.294 e. The number of nitrogens with zero attached hydrogens (tertiary/aromatic N) is 2. The van der Waals surface area contributed by atoms with Crippen LogP contribution in [0.5, 0.6) is 0 Å². The Kier molecular flexibility index (Phi) is 4.12. The van der Waals surface area contributed by atoms with Gasteiger partial charge in [0.2, 0.25) is 5.91 Å². The number of hydrazine groups is 1. The molecule has 0 aliphatic heterocycles. The summed E-state index contributed by atoms with van der Waals surface area (Å²) in [5, 5.41) is 4.24. The lowest BCUT2D eigenvalue weighted by Crippen LogP contribution is -2.29. The third-order valence-electron chi connectivity index (χ3n) is 1.98. The van der Waals surface area contributed by atoms with Gasteiger partial charge in [-0.2, -0.15) is 5.10 Å². The van der Waals surface area contributed by atoms with E-state index in [1.807, 2.05) is 23.9 Å². The number of carbonyl (C=O) groups excluding carboxylic acids is 1. The number of amides is 1. The van der Waals surface area contributed by atoms with Crippen LogP contribution in [-0.2, 0) is 11.3 Å². The van der Waals surface area contributed by atoms with Crippen LogP contribution in [0.15, 0.2) is 12.3 Å². The van der Waals surface area contributed by atoms with Crippen molar-refractivity contribution >= 4 is 5.91 Å². The Morgan fingerprint density at radius 1 is 1.64 bits per heavy atom. The molecule has 0 radical (unpaired) electrons. The number of hydrogen-bond acceptors (Lipinski definition) is 3. The van der Waals surface area contributed by atoms with E-state index < -0.39 is 0 Å². The van der Waals surface area contributed by atoms with E-state index in [1.165, 1.54) is 0 Å². The number of aromatic nitrogens is 2. The quantitative estimate of drug-likeness (QED) is 0.309. The maximum absolute atomic E-state index is 10.8. The van der Waals surface area contributed by atoms with E-state index >= 15 is 0 Å². The molecule has 1 rings (SSSR count). The van der Waals surface area contributed by atoms with Crippen molar-refractivity contribution in [2.24, 2.45) is 5.84 Å². The first-order valence-electron chi connectivity index (χ1n) is 4.72. The van der Waals surface area contributed by atoms with E-state index in [0.29, 0.717) is 6.42 Å². The third-order valence-corrected chi connectivity index (χ3v) is 1.98. The first-order valence-corrected chi connectivity index (χ1v) is 4.72. The summed E-state index contributed by atoms with van der Waals surface area (Å²) in [6, 6.07) is 1.96. The molecule has 1 aromatic rings. The number of hydrogen-bond donors (Lipinski definition) is 2. The van der Waals surface area contributed by atoms with Gasteiger partial charge >= 0.3 is 0 Å². The monoisotopic (exact) mass is 196 g/mol.